The lowest BCUT2D eigenvalue weighted by Gasteiger charge is -2.10. The van der Waals surface area contributed by atoms with Crippen LogP contribution in [0.5, 0.6) is 11.6 Å². The summed E-state index contributed by atoms with van der Waals surface area (Å²) in [6.45, 7) is 0. The number of para-hydroxylation sites is 1. The molecule has 1 heterocycles. The van der Waals surface area contributed by atoms with Crippen LogP contribution in [0.15, 0.2) is 48.5 Å². The molecule has 0 saturated heterocycles. The first kappa shape index (κ1) is 16.2. The van der Waals surface area contributed by atoms with Gasteiger partial charge in [-0.25, -0.2) is 9.78 Å². The second kappa shape index (κ2) is 6.83. The van der Waals surface area contributed by atoms with Crippen molar-refractivity contribution in [1.29, 1.82) is 0 Å². The summed E-state index contributed by atoms with van der Waals surface area (Å²) in [6.07, 6.45) is 0. The third kappa shape index (κ3) is 3.63. The number of hydrogen-bond acceptors (Lipinski definition) is 5. The lowest BCUT2D eigenvalue weighted by Crippen LogP contribution is -2.21. The molecule has 25 heavy (non-hydrogen) atoms. The largest absolute Gasteiger partial charge is 0.438 e. The summed E-state index contributed by atoms with van der Waals surface area (Å²) in [4.78, 5) is 31.1. The van der Waals surface area contributed by atoms with E-state index in [1.165, 1.54) is 7.05 Å². The number of carbonyl (C=O) groups is 2. The number of benzene rings is 2. The van der Waals surface area contributed by atoms with E-state index in [9.17, 15) is 9.59 Å². The molecule has 0 fully saturated rings. The summed E-state index contributed by atoms with van der Waals surface area (Å²) in [7, 11) is 1.51. The lowest BCUT2D eigenvalue weighted by molar-refractivity contribution is 0.0952. The molecule has 3 rings (SSSR count). The molecule has 0 aliphatic carbocycles. The minimum absolute atomic E-state index is 0.0169. The average Bonchev–Trinajstić information content (AvgIpc) is 2.62. The van der Waals surface area contributed by atoms with Crippen molar-refractivity contribution in [3.8, 4) is 11.6 Å². The highest BCUT2D eigenvalue weighted by atomic mass is 16.5. The van der Waals surface area contributed by atoms with E-state index < -0.39 is 11.9 Å². The zero-order valence-electron chi connectivity index (χ0n) is 13.3. The van der Waals surface area contributed by atoms with Crippen molar-refractivity contribution in [1.82, 2.24) is 15.3 Å². The summed E-state index contributed by atoms with van der Waals surface area (Å²) in [6, 6.07) is 13.2. The van der Waals surface area contributed by atoms with Crippen LogP contribution < -0.4 is 21.1 Å². The number of anilines is 1. The molecule has 0 aliphatic heterocycles. The maximum absolute atomic E-state index is 11.9. The Balaban J connectivity index is 1.97. The average molecular weight is 337 g/mol. The van der Waals surface area contributed by atoms with Gasteiger partial charge in [-0.15, -0.1) is 0 Å². The predicted molar refractivity (Wildman–Crippen MR) is 92.7 cm³/mol. The molecule has 0 atom stereocenters. The van der Waals surface area contributed by atoms with Crippen molar-refractivity contribution in [2.45, 2.75) is 0 Å². The Morgan fingerprint density at radius 1 is 1.04 bits per heavy atom. The number of primary amides is 1. The summed E-state index contributed by atoms with van der Waals surface area (Å²) in [5.41, 5.74) is 6.21. The smallest absolute Gasteiger partial charge is 0.316 e. The highest BCUT2D eigenvalue weighted by molar-refractivity contribution is 5.94. The molecule has 0 radical (unpaired) electrons. The van der Waals surface area contributed by atoms with Crippen LogP contribution >= 0.6 is 0 Å². The molecule has 3 aromatic rings. The summed E-state index contributed by atoms with van der Waals surface area (Å²) < 4.78 is 5.81. The number of hydrogen-bond donors (Lipinski definition) is 3. The van der Waals surface area contributed by atoms with Crippen LogP contribution in [-0.2, 0) is 0 Å². The maximum atomic E-state index is 11.9. The van der Waals surface area contributed by atoms with Crippen LogP contribution in [0, 0.1) is 0 Å². The van der Waals surface area contributed by atoms with Crippen molar-refractivity contribution in [3.63, 3.8) is 0 Å². The third-order valence-corrected chi connectivity index (χ3v) is 3.33. The highest BCUT2D eigenvalue weighted by Gasteiger charge is 2.14. The van der Waals surface area contributed by atoms with Gasteiger partial charge in [-0.05, 0) is 36.4 Å². The number of nitrogens with two attached hydrogens (primary N) is 1. The number of nitrogens with one attached hydrogen (secondary N) is 2. The molecule has 0 bridgehead atoms. The first-order valence-electron chi connectivity index (χ1n) is 7.40. The number of amides is 3. The van der Waals surface area contributed by atoms with Crippen LogP contribution in [0.4, 0.5) is 10.5 Å². The minimum atomic E-state index is -0.648. The molecular formula is C17H15N5O3. The summed E-state index contributed by atoms with van der Waals surface area (Å²) in [5, 5.41) is 5.63. The number of aromatic nitrogens is 2. The Labute approximate surface area is 143 Å². The van der Waals surface area contributed by atoms with Gasteiger partial charge in [0.25, 0.3) is 5.91 Å². The number of ether oxygens (including phenoxy) is 1. The van der Waals surface area contributed by atoms with E-state index >= 15 is 0 Å². The highest BCUT2D eigenvalue weighted by Crippen LogP contribution is 2.28. The molecule has 8 nitrogen and oxygen atoms in total. The van der Waals surface area contributed by atoms with Gasteiger partial charge in [-0.2, -0.15) is 4.98 Å². The number of urea groups is 1. The Hall–Kier alpha value is -3.68. The van der Waals surface area contributed by atoms with Gasteiger partial charge in [-0.3, -0.25) is 4.79 Å². The van der Waals surface area contributed by atoms with Crippen LogP contribution in [0.2, 0.25) is 0 Å². The zero-order valence-corrected chi connectivity index (χ0v) is 13.3. The van der Waals surface area contributed by atoms with Crippen LogP contribution in [0.1, 0.15) is 10.6 Å². The number of carbonyl (C=O) groups excluding carboxylic acids is 2. The van der Waals surface area contributed by atoms with E-state index in [1.807, 2.05) is 12.1 Å². The van der Waals surface area contributed by atoms with Gasteiger partial charge in [0.15, 0.2) is 0 Å². The molecule has 4 N–H and O–H groups in total. The normalized spacial score (nSPS) is 10.3. The molecular weight excluding hydrogens is 322 g/mol. The van der Waals surface area contributed by atoms with E-state index in [0.29, 0.717) is 22.3 Å². The van der Waals surface area contributed by atoms with Gasteiger partial charge >= 0.3 is 6.03 Å². The first-order chi connectivity index (χ1) is 12.1. The second-order valence-electron chi connectivity index (χ2n) is 5.06. The molecule has 0 aliphatic rings. The molecule has 126 valence electrons. The van der Waals surface area contributed by atoms with Crippen molar-refractivity contribution >= 4 is 28.5 Å². The fourth-order valence-electron chi connectivity index (χ4n) is 2.20. The number of rotatable bonds is 4. The first-order valence-corrected chi connectivity index (χ1v) is 7.40. The van der Waals surface area contributed by atoms with Gasteiger partial charge in [0.2, 0.25) is 11.7 Å². The van der Waals surface area contributed by atoms with Gasteiger partial charge in [0, 0.05) is 12.7 Å². The lowest BCUT2D eigenvalue weighted by atomic mass is 10.2. The van der Waals surface area contributed by atoms with E-state index in [0.717, 1.165) is 0 Å². The summed E-state index contributed by atoms with van der Waals surface area (Å²) in [5.74, 6) is 0.362. The topological polar surface area (TPSA) is 119 Å². The van der Waals surface area contributed by atoms with Gasteiger partial charge in [-0.1, -0.05) is 12.1 Å². The van der Waals surface area contributed by atoms with Gasteiger partial charge in [0.05, 0.1) is 10.9 Å². The van der Waals surface area contributed by atoms with E-state index in [4.69, 9.17) is 10.5 Å². The molecule has 1 aromatic heterocycles. The molecule has 3 amide bonds. The molecule has 0 saturated carbocycles. The van der Waals surface area contributed by atoms with E-state index in [-0.39, 0.29) is 11.7 Å². The Morgan fingerprint density at radius 3 is 2.44 bits per heavy atom. The molecule has 0 unspecified atom stereocenters. The van der Waals surface area contributed by atoms with Crippen LogP contribution in [-0.4, -0.2) is 29.0 Å². The molecule has 0 spiro atoms. The number of nitrogens with zero attached hydrogens (tertiary/aromatic N) is 2. The van der Waals surface area contributed by atoms with Crippen molar-refractivity contribution in [3.05, 3.63) is 54.4 Å². The number of fused-ring (bicyclic) bond motifs is 1. The zero-order chi connectivity index (χ0) is 17.8. The SMILES string of the molecule is CNC(=O)c1nc(Oc2ccc(NC(N)=O)cc2)c2ccccc2n1. The Bertz CT molecular complexity index is 941. The monoisotopic (exact) mass is 337 g/mol. The van der Waals surface area contributed by atoms with E-state index in [1.54, 1.807) is 36.4 Å². The van der Waals surface area contributed by atoms with Crippen molar-refractivity contribution in [2.75, 3.05) is 12.4 Å². The predicted octanol–water partition coefficient (Wildman–Crippen LogP) is 2.27. The maximum Gasteiger partial charge on any atom is 0.316 e. The molecule has 8 heteroatoms. The fourth-order valence-corrected chi connectivity index (χ4v) is 2.20. The summed E-state index contributed by atoms with van der Waals surface area (Å²) >= 11 is 0. The molecule has 2 aromatic carbocycles. The van der Waals surface area contributed by atoms with Gasteiger partial charge in [0.1, 0.15) is 5.75 Å². The third-order valence-electron chi connectivity index (χ3n) is 3.33. The van der Waals surface area contributed by atoms with Crippen LogP contribution in [0.25, 0.3) is 10.9 Å². The van der Waals surface area contributed by atoms with Crippen LogP contribution in [0.3, 0.4) is 0 Å². The Kier molecular flexibility index (Phi) is 4.42. The van der Waals surface area contributed by atoms with Crippen molar-refractivity contribution < 1.29 is 14.3 Å². The van der Waals surface area contributed by atoms with Gasteiger partial charge < -0.3 is 21.1 Å². The fraction of sp³-hybridized carbons (Fsp3) is 0.0588. The standard InChI is InChI=1S/C17H15N5O3/c1-19-15(23)14-21-13-5-3-2-4-12(13)16(22-14)25-11-8-6-10(7-9-11)20-17(18)24/h2-9H,1H3,(H,19,23)(H3,18,20,24). The minimum Gasteiger partial charge on any atom is -0.438 e. The Morgan fingerprint density at radius 2 is 1.76 bits per heavy atom. The van der Waals surface area contributed by atoms with Crippen molar-refractivity contribution in [2.24, 2.45) is 5.73 Å². The second-order valence-corrected chi connectivity index (χ2v) is 5.06. The van der Waals surface area contributed by atoms with E-state index in [2.05, 4.69) is 20.6 Å². The quantitative estimate of drug-likeness (QED) is 0.674.